The highest BCUT2D eigenvalue weighted by atomic mass is 16.5. The summed E-state index contributed by atoms with van der Waals surface area (Å²) in [4.78, 5) is 24.0. The Morgan fingerprint density at radius 1 is 0.892 bits per heavy atom. The molecule has 4 heteroatoms. The van der Waals surface area contributed by atoms with E-state index in [1.165, 1.54) is 25.7 Å². The molecule has 0 spiro atoms. The summed E-state index contributed by atoms with van der Waals surface area (Å²) in [5.41, 5.74) is 3.79. The van der Waals surface area contributed by atoms with Crippen LogP contribution in [-0.4, -0.2) is 23.1 Å². The van der Waals surface area contributed by atoms with Gasteiger partial charge in [0.05, 0.1) is 6.42 Å². The number of carbonyl (C=O) groups excluding carboxylic acids is 1. The van der Waals surface area contributed by atoms with Gasteiger partial charge in [-0.05, 0) is 104 Å². The number of fused-ring (bicyclic) bond motifs is 7. The number of carboxylic acids is 1. The second-order valence-electron chi connectivity index (χ2n) is 15.5. The first kappa shape index (κ1) is 27.3. The first-order valence-electron chi connectivity index (χ1n) is 15.2. The first-order valence-corrected chi connectivity index (χ1v) is 15.2. The summed E-state index contributed by atoms with van der Waals surface area (Å²) in [7, 11) is 0. The molecule has 0 aromatic heterocycles. The maximum atomic E-state index is 12.1. The highest BCUT2D eigenvalue weighted by Crippen LogP contribution is 2.77. The number of esters is 1. The van der Waals surface area contributed by atoms with E-state index in [1.807, 2.05) is 0 Å². The molecule has 5 aliphatic carbocycles. The summed E-state index contributed by atoms with van der Waals surface area (Å²) in [6.45, 7) is 18.8. The number of carboxylic acid groups (broad SMARTS) is 1. The second-order valence-corrected chi connectivity index (χ2v) is 15.5. The quantitative estimate of drug-likeness (QED) is 0.305. The number of hydrogen-bond acceptors (Lipinski definition) is 3. The van der Waals surface area contributed by atoms with Gasteiger partial charge in [0.15, 0.2) is 0 Å². The number of rotatable bonds is 4. The van der Waals surface area contributed by atoms with Crippen molar-refractivity contribution in [2.75, 3.05) is 0 Å². The van der Waals surface area contributed by atoms with Crippen molar-refractivity contribution >= 4 is 11.9 Å². The van der Waals surface area contributed by atoms with E-state index < -0.39 is 5.97 Å². The molecule has 0 unspecified atom stereocenters. The molecule has 0 aliphatic heterocycles. The lowest BCUT2D eigenvalue weighted by atomic mass is 9.33. The van der Waals surface area contributed by atoms with E-state index in [-0.39, 0.29) is 39.1 Å². The Balaban J connectivity index is 1.54. The van der Waals surface area contributed by atoms with Crippen LogP contribution in [-0.2, 0) is 14.3 Å². The minimum atomic E-state index is -0.620. The Morgan fingerprint density at radius 3 is 2.22 bits per heavy atom. The number of allylic oxidation sites excluding steroid dienone is 2. The molecule has 37 heavy (non-hydrogen) atoms. The van der Waals surface area contributed by atoms with E-state index in [1.54, 1.807) is 18.1 Å². The van der Waals surface area contributed by atoms with Crippen molar-refractivity contribution in [3.63, 3.8) is 0 Å². The summed E-state index contributed by atoms with van der Waals surface area (Å²) >= 11 is 0. The number of ether oxygens (including phenoxy) is 1. The maximum Gasteiger partial charge on any atom is 0.304 e. The van der Waals surface area contributed by atoms with E-state index >= 15 is 0 Å². The number of carbonyl (C=O) groups is 2. The van der Waals surface area contributed by atoms with Crippen LogP contribution in [0.3, 0.4) is 0 Å². The zero-order valence-corrected chi connectivity index (χ0v) is 24.8. The van der Waals surface area contributed by atoms with Gasteiger partial charge >= 0.3 is 11.9 Å². The molecular weight excluding hydrogens is 460 g/mol. The van der Waals surface area contributed by atoms with Crippen molar-refractivity contribution in [3.8, 4) is 0 Å². The number of aliphatic carboxylic acids is 1. The topological polar surface area (TPSA) is 63.6 Å². The Bertz CT molecular complexity index is 1010. The van der Waals surface area contributed by atoms with E-state index in [2.05, 4.69) is 48.5 Å². The molecule has 4 nitrogen and oxygen atoms in total. The van der Waals surface area contributed by atoms with Crippen LogP contribution < -0.4 is 0 Å². The van der Waals surface area contributed by atoms with Crippen molar-refractivity contribution in [2.24, 2.45) is 50.7 Å². The van der Waals surface area contributed by atoms with Crippen molar-refractivity contribution < 1.29 is 19.4 Å². The van der Waals surface area contributed by atoms with Crippen LogP contribution in [0.1, 0.15) is 126 Å². The number of hydrogen-bond donors (Lipinski definition) is 1. The van der Waals surface area contributed by atoms with Gasteiger partial charge in [0, 0.05) is 17.8 Å². The van der Waals surface area contributed by atoms with Gasteiger partial charge in [-0.25, -0.2) is 0 Å². The Morgan fingerprint density at radius 2 is 1.59 bits per heavy atom. The minimum absolute atomic E-state index is 0.0141. The van der Waals surface area contributed by atoms with Crippen molar-refractivity contribution in [3.05, 3.63) is 11.1 Å². The summed E-state index contributed by atoms with van der Waals surface area (Å²) in [5, 5.41) is 9.97. The monoisotopic (exact) mass is 512 g/mol. The van der Waals surface area contributed by atoms with Crippen LogP contribution in [0.2, 0.25) is 0 Å². The van der Waals surface area contributed by atoms with Crippen molar-refractivity contribution in [1.82, 2.24) is 0 Å². The van der Waals surface area contributed by atoms with Gasteiger partial charge in [-0.15, -0.1) is 0 Å². The van der Waals surface area contributed by atoms with Gasteiger partial charge in [0.1, 0.15) is 6.10 Å². The fourth-order valence-corrected chi connectivity index (χ4v) is 11.7. The van der Waals surface area contributed by atoms with Gasteiger partial charge in [-0.3, -0.25) is 9.59 Å². The summed E-state index contributed by atoms with van der Waals surface area (Å²) in [5.74, 6) is 1.48. The van der Waals surface area contributed by atoms with Crippen LogP contribution in [0.25, 0.3) is 0 Å². The zero-order chi connectivity index (χ0) is 27.2. The summed E-state index contributed by atoms with van der Waals surface area (Å²) < 4.78 is 5.90. The lowest BCUT2D eigenvalue weighted by Gasteiger charge is -2.72. The molecule has 0 aromatic carbocycles. The molecule has 5 rings (SSSR count). The fraction of sp³-hybridized carbons (Fsp3) is 0.879. The van der Waals surface area contributed by atoms with Crippen molar-refractivity contribution in [1.29, 1.82) is 0 Å². The predicted octanol–water partition coefficient (Wildman–Crippen LogP) is 8.19. The van der Waals surface area contributed by atoms with Crippen molar-refractivity contribution in [2.45, 2.75) is 132 Å². The molecule has 1 N–H and O–H groups in total. The van der Waals surface area contributed by atoms with Crippen LogP contribution in [0.4, 0.5) is 0 Å². The third-order valence-electron chi connectivity index (χ3n) is 13.6. The van der Waals surface area contributed by atoms with Gasteiger partial charge in [0.25, 0.3) is 0 Å². The Kier molecular flexibility index (Phi) is 6.33. The molecular formula is C33H52O4. The van der Waals surface area contributed by atoms with Crippen LogP contribution in [0.15, 0.2) is 11.1 Å². The molecule has 0 bridgehead atoms. The first-order chi connectivity index (χ1) is 17.1. The molecule has 0 amide bonds. The molecule has 0 heterocycles. The maximum absolute atomic E-state index is 12.1. The average Bonchev–Trinajstić information content (AvgIpc) is 3.15. The Labute approximate surface area is 225 Å². The third kappa shape index (κ3) is 3.65. The zero-order valence-electron chi connectivity index (χ0n) is 24.8. The lowest BCUT2D eigenvalue weighted by molar-refractivity contribution is -0.233. The van der Waals surface area contributed by atoms with E-state index in [0.717, 1.165) is 38.5 Å². The van der Waals surface area contributed by atoms with Crippen LogP contribution in [0.5, 0.6) is 0 Å². The standard InChI is InChI=1S/C33H52O4/c1-20(2)22-11-16-33(19-27(35)36)18-17-31(7)23(28(22)33)9-10-25-30(6)14-13-26(37-21(3)34)29(4,5)24(30)12-15-32(25,31)8/h20,23-26H,9-19H2,1-8H3,(H,35,36)/t23-,24+,25-,26+,30+,31-,32-,33-/m1/s1. The van der Waals surface area contributed by atoms with E-state index in [0.29, 0.717) is 30.1 Å². The van der Waals surface area contributed by atoms with Gasteiger partial charge < -0.3 is 9.84 Å². The van der Waals surface area contributed by atoms with Gasteiger partial charge in [-0.1, -0.05) is 59.6 Å². The molecule has 4 saturated carbocycles. The smallest absolute Gasteiger partial charge is 0.304 e. The van der Waals surface area contributed by atoms with Gasteiger partial charge in [-0.2, -0.15) is 0 Å². The predicted molar refractivity (Wildman–Crippen MR) is 147 cm³/mol. The van der Waals surface area contributed by atoms with E-state index in [4.69, 9.17) is 4.74 Å². The molecule has 5 aliphatic rings. The molecule has 0 radical (unpaired) electrons. The fourth-order valence-electron chi connectivity index (χ4n) is 11.7. The average molecular weight is 513 g/mol. The molecule has 0 saturated heterocycles. The Hall–Kier alpha value is -1.32. The summed E-state index contributed by atoms with van der Waals surface area (Å²) in [6.07, 6.45) is 11.7. The normalized spacial score (nSPS) is 46.5. The third-order valence-corrected chi connectivity index (χ3v) is 13.6. The highest BCUT2D eigenvalue weighted by Gasteiger charge is 2.69. The minimum Gasteiger partial charge on any atom is -0.481 e. The van der Waals surface area contributed by atoms with Crippen LogP contribution in [0, 0.1) is 50.7 Å². The highest BCUT2D eigenvalue weighted by molar-refractivity contribution is 5.69. The lowest BCUT2D eigenvalue weighted by Crippen LogP contribution is -2.65. The SMILES string of the molecule is CC(=O)O[C@H]1CC[C@]2(C)[C@H]3CC[C@@H]4C5=C(C(C)C)CC[C@]5(CC(=O)O)CC[C@@]4(C)[C@]3(C)CC[C@H]2C1(C)C. The van der Waals surface area contributed by atoms with E-state index in [9.17, 15) is 14.7 Å². The molecule has 0 aromatic rings. The largest absolute Gasteiger partial charge is 0.481 e. The second kappa shape index (κ2) is 8.59. The van der Waals surface area contributed by atoms with Crippen LogP contribution >= 0.6 is 0 Å². The summed E-state index contributed by atoms with van der Waals surface area (Å²) in [6, 6.07) is 0. The molecule has 8 atom stereocenters. The molecule has 4 fully saturated rings. The molecule has 208 valence electrons. The van der Waals surface area contributed by atoms with Gasteiger partial charge in [0.2, 0.25) is 0 Å².